The highest BCUT2D eigenvalue weighted by Crippen LogP contribution is 2.31. The minimum absolute atomic E-state index is 0.308. The van der Waals surface area contributed by atoms with Crippen molar-refractivity contribution >= 4 is 29.1 Å². The Bertz CT molecular complexity index is 760. The average Bonchev–Trinajstić information content (AvgIpc) is 3.12. The fourth-order valence-corrected chi connectivity index (χ4v) is 2.81. The van der Waals surface area contributed by atoms with Gasteiger partial charge < -0.3 is 15.0 Å². The monoisotopic (exact) mass is 346 g/mol. The lowest BCUT2D eigenvalue weighted by Gasteiger charge is -2.16. The van der Waals surface area contributed by atoms with Crippen molar-refractivity contribution in [3.05, 3.63) is 40.7 Å². The summed E-state index contributed by atoms with van der Waals surface area (Å²) >= 11 is 6.09. The van der Waals surface area contributed by atoms with E-state index in [1.54, 1.807) is 24.4 Å². The van der Waals surface area contributed by atoms with Crippen LogP contribution in [0, 0.1) is 6.92 Å². The molecule has 24 heavy (non-hydrogen) atoms. The molecular weight excluding hydrogens is 328 g/mol. The SMILES string of the molecule is COc1cc(Cl)c(C)cc1NC(=O)c1ccnc(N2CCCC2)n1. The Morgan fingerprint density at radius 3 is 2.79 bits per heavy atom. The van der Waals surface area contributed by atoms with E-state index in [9.17, 15) is 4.79 Å². The molecule has 0 radical (unpaired) electrons. The van der Waals surface area contributed by atoms with Crippen molar-refractivity contribution in [1.82, 2.24) is 9.97 Å². The number of anilines is 2. The topological polar surface area (TPSA) is 67.3 Å². The van der Waals surface area contributed by atoms with Crippen molar-refractivity contribution in [3.8, 4) is 5.75 Å². The number of halogens is 1. The summed E-state index contributed by atoms with van der Waals surface area (Å²) < 4.78 is 5.28. The Labute approximate surface area is 145 Å². The Morgan fingerprint density at radius 1 is 1.33 bits per heavy atom. The van der Waals surface area contributed by atoms with Crippen molar-refractivity contribution in [1.29, 1.82) is 0 Å². The number of rotatable bonds is 4. The van der Waals surface area contributed by atoms with Crippen LogP contribution in [0.3, 0.4) is 0 Å². The third-order valence-electron chi connectivity index (χ3n) is 3.99. The third kappa shape index (κ3) is 3.43. The van der Waals surface area contributed by atoms with E-state index in [1.807, 2.05) is 6.92 Å². The zero-order valence-corrected chi connectivity index (χ0v) is 14.4. The van der Waals surface area contributed by atoms with Gasteiger partial charge in [0.2, 0.25) is 5.95 Å². The molecule has 1 saturated heterocycles. The molecule has 0 aliphatic carbocycles. The number of hydrogen-bond donors (Lipinski definition) is 1. The lowest BCUT2D eigenvalue weighted by atomic mass is 10.2. The molecule has 0 bridgehead atoms. The molecule has 0 saturated carbocycles. The van der Waals surface area contributed by atoms with E-state index < -0.39 is 0 Å². The van der Waals surface area contributed by atoms with Gasteiger partial charge in [0.05, 0.1) is 12.8 Å². The summed E-state index contributed by atoms with van der Waals surface area (Å²) in [5.41, 5.74) is 1.74. The summed E-state index contributed by atoms with van der Waals surface area (Å²) in [5.74, 6) is 0.796. The first kappa shape index (κ1) is 16.5. The zero-order chi connectivity index (χ0) is 17.1. The molecule has 3 rings (SSSR count). The molecule has 2 heterocycles. The molecule has 6 nitrogen and oxygen atoms in total. The lowest BCUT2D eigenvalue weighted by Crippen LogP contribution is -2.22. The van der Waals surface area contributed by atoms with Crippen LogP contribution in [-0.2, 0) is 0 Å². The van der Waals surface area contributed by atoms with Crippen LogP contribution >= 0.6 is 11.6 Å². The number of aromatic nitrogens is 2. The average molecular weight is 347 g/mol. The van der Waals surface area contributed by atoms with E-state index >= 15 is 0 Å². The second-order valence-corrected chi connectivity index (χ2v) is 6.10. The number of benzene rings is 1. The molecular formula is C17H19ClN4O2. The third-order valence-corrected chi connectivity index (χ3v) is 4.40. The van der Waals surface area contributed by atoms with Gasteiger partial charge in [-0.15, -0.1) is 0 Å². The quantitative estimate of drug-likeness (QED) is 0.920. The number of nitrogens with one attached hydrogen (secondary N) is 1. The fraction of sp³-hybridized carbons (Fsp3) is 0.353. The fourth-order valence-electron chi connectivity index (χ4n) is 2.66. The van der Waals surface area contributed by atoms with E-state index in [2.05, 4.69) is 20.2 Å². The van der Waals surface area contributed by atoms with Gasteiger partial charge in [-0.2, -0.15) is 0 Å². The smallest absolute Gasteiger partial charge is 0.274 e. The molecule has 1 aromatic carbocycles. The van der Waals surface area contributed by atoms with Gasteiger partial charge in [0.1, 0.15) is 11.4 Å². The first-order chi connectivity index (χ1) is 11.6. The predicted octanol–water partition coefficient (Wildman–Crippen LogP) is 3.30. The molecule has 1 aromatic heterocycles. The van der Waals surface area contributed by atoms with Gasteiger partial charge in [0.25, 0.3) is 5.91 Å². The summed E-state index contributed by atoms with van der Waals surface area (Å²) in [4.78, 5) is 23.3. The maximum absolute atomic E-state index is 12.5. The number of ether oxygens (including phenoxy) is 1. The van der Waals surface area contributed by atoms with Gasteiger partial charge in [0, 0.05) is 30.4 Å². The van der Waals surface area contributed by atoms with Gasteiger partial charge in [-0.05, 0) is 37.5 Å². The standard InChI is InChI=1S/C17H19ClN4O2/c1-11-9-14(15(24-2)10-12(11)18)20-16(23)13-5-6-19-17(21-13)22-7-3-4-8-22/h5-6,9-10H,3-4,7-8H2,1-2H3,(H,20,23). The first-order valence-corrected chi connectivity index (χ1v) is 8.20. The highest BCUT2D eigenvalue weighted by molar-refractivity contribution is 6.31. The van der Waals surface area contributed by atoms with Gasteiger partial charge in [0.15, 0.2) is 0 Å². The normalized spacial score (nSPS) is 13.9. The molecule has 7 heteroatoms. The molecule has 126 valence electrons. The van der Waals surface area contributed by atoms with Crippen LogP contribution in [0.15, 0.2) is 24.4 Å². The molecule has 0 unspecified atom stereocenters. The van der Waals surface area contributed by atoms with Gasteiger partial charge in [-0.3, -0.25) is 4.79 Å². The highest BCUT2D eigenvalue weighted by Gasteiger charge is 2.18. The van der Waals surface area contributed by atoms with Crippen molar-refractivity contribution in [2.24, 2.45) is 0 Å². The molecule has 1 fully saturated rings. The second-order valence-electron chi connectivity index (χ2n) is 5.69. The van der Waals surface area contributed by atoms with Crippen LogP contribution in [-0.4, -0.2) is 36.1 Å². The van der Waals surface area contributed by atoms with E-state index in [0.29, 0.717) is 28.1 Å². The van der Waals surface area contributed by atoms with Crippen molar-refractivity contribution in [2.75, 3.05) is 30.4 Å². The summed E-state index contributed by atoms with van der Waals surface area (Å²) in [5, 5.41) is 3.42. The molecule has 0 spiro atoms. The maximum atomic E-state index is 12.5. The van der Waals surface area contributed by atoms with Crippen LogP contribution in [0.2, 0.25) is 5.02 Å². The van der Waals surface area contributed by atoms with E-state index in [4.69, 9.17) is 16.3 Å². The number of carbonyl (C=O) groups excluding carboxylic acids is 1. The van der Waals surface area contributed by atoms with Crippen LogP contribution < -0.4 is 15.0 Å². The number of methoxy groups -OCH3 is 1. The van der Waals surface area contributed by atoms with Gasteiger partial charge >= 0.3 is 0 Å². The number of aryl methyl sites for hydroxylation is 1. The first-order valence-electron chi connectivity index (χ1n) is 7.82. The number of hydrogen-bond acceptors (Lipinski definition) is 5. The molecule has 1 amide bonds. The Kier molecular flexibility index (Phi) is 4.85. The number of nitrogens with zero attached hydrogens (tertiary/aromatic N) is 3. The van der Waals surface area contributed by atoms with E-state index in [-0.39, 0.29) is 5.91 Å². The molecule has 0 atom stereocenters. The maximum Gasteiger partial charge on any atom is 0.274 e. The molecule has 2 aromatic rings. The summed E-state index contributed by atoms with van der Waals surface area (Å²) in [7, 11) is 1.53. The van der Waals surface area contributed by atoms with Crippen LogP contribution in [0.4, 0.5) is 11.6 Å². The Balaban J connectivity index is 1.82. The largest absolute Gasteiger partial charge is 0.495 e. The van der Waals surface area contributed by atoms with Crippen LogP contribution in [0.1, 0.15) is 28.9 Å². The van der Waals surface area contributed by atoms with Crippen LogP contribution in [0.25, 0.3) is 0 Å². The second kappa shape index (κ2) is 7.05. The highest BCUT2D eigenvalue weighted by atomic mass is 35.5. The molecule has 1 N–H and O–H groups in total. The Morgan fingerprint density at radius 2 is 2.08 bits per heavy atom. The minimum Gasteiger partial charge on any atom is -0.495 e. The van der Waals surface area contributed by atoms with E-state index in [0.717, 1.165) is 31.5 Å². The number of carbonyl (C=O) groups is 1. The Hall–Kier alpha value is -2.34. The lowest BCUT2D eigenvalue weighted by molar-refractivity contribution is 0.102. The summed E-state index contributed by atoms with van der Waals surface area (Å²) in [6.45, 7) is 3.72. The number of amides is 1. The molecule has 1 aliphatic heterocycles. The van der Waals surface area contributed by atoms with Gasteiger partial charge in [-0.1, -0.05) is 11.6 Å². The van der Waals surface area contributed by atoms with Crippen molar-refractivity contribution in [3.63, 3.8) is 0 Å². The summed E-state index contributed by atoms with van der Waals surface area (Å²) in [6.07, 6.45) is 3.86. The predicted molar refractivity (Wildman–Crippen MR) is 94.2 cm³/mol. The summed E-state index contributed by atoms with van der Waals surface area (Å²) in [6, 6.07) is 5.06. The van der Waals surface area contributed by atoms with Crippen molar-refractivity contribution in [2.45, 2.75) is 19.8 Å². The van der Waals surface area contributed by atoms with Gasteiger partial charge in [-0.25, -0.2) is 9.97 Å². The molecule has 1 aliphatic rings. The van der Waals surface area contributed by atoms with Crippen molar-refractivity contribution < 1.29 is 9.53 Å². The van der Waals surface area contributed by atoms with Crippen LogP contribution in [0.5, 0.6) is 5.75 Å². The zero-order valence-electron chi connectivity index (χ0n) is 13.7. The van der Waals surface area contributed by atoms with E-state index in [1.165, 1.54) is 7.11 Å². The minimum atomic E-state index is -0.308.